The van der Waals surface area contributed by atoms with E-state index >= 15 is 0 Å². The molecule has 1 aliphatic rings. The molecule has 0 N–H and O–H groups in total. The quantitative estimate of drug-likeness (QED) is 0.444. The standard InChI is InChI=1S/C22H26IN3O/c1-25(2)20-10-12-26(16-20)11-3-13-27-21-8-6-17(7-9-21)18-4-5-19(15-24)22(23)14-18/h4-9,14,20H,3,10-13,16H2,1-2H3/t20-/m1/s1. The highest BCUT2D eigenvalue weighted by Crippen LogP contribution is 2.25. The molecule has 0 bridgehead atoms. The molecule has 0 spiro atoms. The van der Waals surface area contributed by atoms with Crippen molar-refractivity contribution < 1.29 is 4.74 Å². The summed E-state index contributed by atoms with van der Waals surface area (Å²) in [6, 6.07) is 17.0. The fourth-order valence-electron chi connectivity index (χ4n) is 3.44. The number of nitriles is 1. The van der Waals surface area contributed by atoms with E-state index in [0.29, 0.717) is 11.6 Å². The van der Waals surface area contributed by atoms with Crippen molar-refractivity contribution in [3.63, 3.8) is 0 Å². The first-order valence-electron chi connectivity index (χ1n) is 9.38. The molecule has 1 aliphatic heterocycles. The molecule has 0 aromatic heterocycles. The minimum atomic E-state index is 0.698. The maximum atomic E-state index is 9.05. The van der Waals surface area contributed by atoms with Gasteiger partial charge in [0.05, 0.1) is 12.2 Å². The molecule has 0 radical (unpaired) electrons. The van der Waals surface area contributed by atoms with Crippen LogP contribution >= 0.6 is 22.6 Å². The lowest BCUT2D eigenvalue weighted by Crippen LogP contribution is -2.32. The van der Waals surface area contributed by atoms with E-state index in [1.807, 2.05) is 30.3 Å². The van der Waals surface area contributed by atoms with E-state index < -0.39 is 0 Å². The van der Waals surface area contributed by atoms with E-state index in [0.717, 1.165) is 40.0 Å². The summed E-state index contributed by atoms with van der Waals surface area (Å²) >= 11 is 2.21. The highest BCUT2D eigenvalue weighted by atomic mass is 127. The molecule has 0 aliphatic carbocycles. The first kappa shape index (κ1) is 20.1. The van der Waals surface area contributed by atoms with Crippen LogP contribution in [0.1, 0.15) is 18.4 Å². The zero-order valence-corrected chi connectivity index (χ0v) is 18.1. The molecule has 3 rings (SSSR count). The predicted octanol–water partition coefficient (Wildman–Crippen LogP) is 4.23. The van der Waals surface area contributed by atoms with E-state index in [1.54, 1.807) is 0 Å². The van der Waals surface area contributed by atoms with E-state index in [9.17, 15) is 0 Å². The smallest absolute Gasteiger partial charge is 0.119 e. The fraction of sp³-hybridized carbons (Fsp3) is 0.409. The van der Waals surface area contributed by atoms with Crippen LogP contribution in [0, 0.1) is 14.9 Å². The van der Waals surface area contributed by atoms with Gasteiger partial charge in [0.1, 0.15) is 11.8 Å². The third kappa shape index (κ3) is 5.44. The number of benzene rings is 2. The highest BCUT2D eigenvalue weighted by Gasteiger charge is 2.23. The fourth-order valence-corrected chi connectivity index (χ4v) is 4.08. The molecule has 0 amide bonds. The second-order valence-electron chi connectivity index (χ2n) is 7.24. The maximum Gasteiger partial charge on any atom is 0.119 e. The van der Waals surface area contributed by atoms with Crippen molar-refractivity contribution in [2.45, 2.75) is 18.9 Å². The monoisotopic (exact) mass is 475 g/mol. The van der Waals surface area contributed by atoms with Crippen LogP contribution in [0.15, 0.2) is 42.5 Å². The summed E-state index contributed by atoms with van der Waals surface area (Å²) in [4.78, 5) is 4.86. The number of likely N-dealkylation sites (N-methyl/N-ethyl adjacent to an activating group) is 1. The summed E-state index contributed by atoms with van der Waals surface area (Å²) in [5.41, 5.74) is 2.97. The number of halogens is 1. The molecular weight excluding hydrogens is 449 g/mol. The lowest BCUT2D eigenvalue weighted by Gasteiger charge is -2.20. The molecule has 1 heterocycles. The molecule has 142 valence electrons. The molecule has 27 heavy (non-hydrogen) atoms. The second kappa shape index (κ2) is 9.54. The van der Waals surface area contributed by atoms with Gasteiger partial charge in [0.25, 0.3) is 0 Å². The minimum absolute atomic E-state index is 0.698. The van der Waals surface area contributed by atoms with Crippen molar-refractivity contribution in [3.05, 3.63) is 51.6 Å². The van der Waals surface area contributed by atoms with Crippen LogP contribution in [0.5, 0.6) is 5.75 Å². The predicted molar refractivity (Wildman–Crippen MR) is 118 cm³/mol. The van der Waals surface area contributed by atoms with Crippen LogP contribution in [0.3, 0.4) is 0 Å². The van der Waals surface area contributed by atoms with Crippen LogP contribution in [-0.2, 0) is 0 Å². The number of hydrogen-bond donors (Lipinski definition) is 0. The van der Waals surface area contributed by atoms with Gasteiger partial charge in [0.2, 0.25) is 0 Å². The third-order valence-electron chi connectivity index (χ3n) is 5.14. The van der Waals surface area contributed by atoms with E-state index in [4.69, 9.17) is 10.00 Å². The van der Waals surface area contributed by atoms with E-state index in [-0.39, 0.29) is 0 Å². The Balaban J connectivity index is 1.46. The summed E-state index contributed by atoms with van der Waals surface area (Å²) in [6.45, 7) is 4.22. The van der Waals surface area contributed by atoms with Crippen molar-refractivity contribution in [2.75, 3.05) is 40.3 Å². The SMILES string of the molecule is CN(C)[C@@H]1CCN(CCCOc2ccc(-c3ccc(C#N)c(I)c3)cc2)C1. The lowest BCUT2D eigenvalue weighted by atomic mass is 10.0. The van der Waals surface area contributed by atoms with Gasteiger partial charge in [-0.2, -0.15) is 5.26 Å². The molecule has 1 fully saturated rings. The van der Waals surface area contributed by atoms with Crippen LogP contribution in [0.25, 0.3) is 11.1 Å². The van der Waals surface area contributed by atoms with Crippen LogP contribution in [-0.4, -0.2) is 56.2 Å². The Hall–Kier alpha value is -1.62. The summed E-state index contributed by atoms with van der Waals surface area (Å²) < 4.78 is 6.89. The topological polar surface area (TPSA) is 39.5 Å². The summed E-state index contributed by atoms with van der Waals surface area (Å²) in [6.07, 6.45) is 2.32. The van der Waals surface area contributed by atoms with Crippen LogP contribution < -0.4 is 4.74 Å². The van der Waals surface area contributed by atoms with Gasteiger partial charge in [-0.15, -0.1) is 0 Å². The van der Waals surface area contributed by atoms with E-state index in [1.165, 1.54) is 19.5 Å². The highest BCUT2D eigenvalue weighted by molar-refractivity contribution is 14.1. The normalized spacial score (nSPS) is 17.2. The van der Waals surface area contributed by atoms with Gasteiger partial charge in [-0.25, -0.2) is 0 Å². The maximum absolute atomic E-state index is 9.05. The van der Waals surface area contributed by atoms with Gasteiger partial charge >= 0.3 is 0 Å². The average Bonchev–Trinajstić information content (AvgIpc) is 3.15. The van der Waals surface area contributed by atoms with Gasteiger partial charge in [0, 0.05) is 22.7 Å². The molecule has 0 saturated carbocycles. The van der Waals surface area contributed by atoms with Gasteiger partial charge in [-0.05, 0) is 91.5 Å². The largest absolute Gasteiger partial charge is 0.494 e. The van der Waals surface area contributed by atoms with Crippen LogP contribution in [0.4, 0.5) is 0 Å². The summed E-state index contributed by atoms with van der Waals surface area (Å²) in [5, 5.41) is 9.05. The number of likely N-dealkylation sites (tertiary alicyclic amines) is 1. The van der Waals surface area contributed by atoms with Crippen molar-refractivity contribution in [3.8, 4) is 22.9 Å². The Bertz CT molecular complexity index is 798. The van der Waals surface area contributed by atoms with Gasteiger partial charge in [-0.1, -0.05) is 18.2 Å². The second-order valence-corrected chi connectivity index (χ2v) is 8.40. The number of rotatable bonds is 7. The number of ether oxygens (including phenoxy) is 1. The molecule has 1 saturated heterocycles. The zero-order chi connectivity index (χ0) is 19.2. The van der Waals surface area contributed by atoms with Crippen molar-refractivity contribution >= 4 is 22.6 Å². The molecular formula is C22H26IN3O. The Morgan fingerprint density at radius 2 is 1.93 bits per heavy atom. The zero-order valence-electron chi connectivity index (χ0n) is 16.0. The third-order valence-corrected chi connectivity index (χ3v) is 6.03. The number of nitrogens with zero attached hydrogens (tertiary/aromatic N) is 3. The van der Waals surface area contributed by atoms with Crippen molar-refractivity contribution in [1.82, 2.24) is 9.80 Å². The first-order chi connectivity index (χ1) is 13.1. The van der Waals surface area contributed by atoms with Gasteiger partial charge < -0.3 is 14.5 Å². The Kier molecular flexibility index (Phi) is 7.11. The Morgan fingerprint density at radius 3 is 2.56 bits per heavy atom. The van der Waals surface area contributed by atoms with Crippen molar-refractivity contribution in [2.24, 2.45) is 0 Å². The summed E-state index contributed by atoms with van der Waals surface area (Å²) in [5.74, 6) is 0.912. The van der Waals surface area contributed by atoms with Gasteiger partial charge in [0.15, 0.2) is 0 Å². The van der Waals surface area contributed by atoms with E-state index in [2.05, 4.69) is 64.7 Å². The minimum Gasteiger partial charge on any atom is -0.494 e. The average molecular weight is 475 g/mol. The Labute approximate surface area is 175 Å². The molecule has 1 atom stereocenters. The van der Waals surface area contributed by atoms with Crippen molar-refractivity contribution in [1.29, 1.82) is 5.26 Å². The lowest BCUT2D eigenvalue weighted by molar-refractivity contribution is 0.242. The molecule has 2 aromatic carbocycles. The van der Waals surface area contributed by atoms with Crippen LogP contribution in [0.2, 0.25) is 0 Å². The molecule has 0 unspecified atom stereocenters. The molecule has 4 nitrogen and oxygen atoms in total. The number of hydrogen-bond acceptors (Lipinski definition) is 4. The molecule has 5 heteroatoms. The first-order valence-corrected chi connectivity index (χ1v) is 10.5. The molecule has 2 aromatic rings. The Morgan fingerprint density at radius 1 is 1.19 bits per heavy atom. The summed E-state index contributed by atoms with van der Waals surface area (Å²) in [7, 11) is 4.33. The van der Waals surface area contributed by atoms with Gasteiger partial charge in [-0.3, -0.25) is 0 Å².